The van der Waals surface area contributed by atoms with Gasteiger partial charge in [0.25, 0.3) is 5.92 Å². The molecule has 0 radical (unpaired) electrons. The van der Waals surface area contributed by atoms with Gasteiger partial charge in [-0.1, -0.05) is 0 Å². The molecule has 1 aromatic rings. The Morgan fingerprint density at radius 3 is 2.95 bits per heavy atom. The Hall–Kier alpha value is -1.70. The van der Waals surface area contributed by atoms with Crippen molar-refractivity contribution in [3.05, 3.63) is 17.5 Å². The Bertz CT molecular complexity index is 531. The Morgan fingerprint density at radius 2 is 2.32 bits per heavy atom. The lowest BCUT2D eigenvalue weighted by Crippen LogP contribution is -2.48. The van der Waals surface area contributed by atoms with Crippen LogP contribution in [-0.2, 0) is 12.8 Å². The second kappa shape index (κ2) is 6.60. The van der Waals surface area contributed by atoms with Crippen LogP contribution in [0, 0.1) is 0 Å². The summed E-state index contributed by atoms with van der Waals surface area (Å²) in [5.74, 6) is -3.30. The molecule has 0 saturated heterocycles. The van der Waals surface area contributed by atoms with Crippen molar-refractivity contribution in [1.29, 1.82) is 0 Å². The summed E-state index contributed by atoms with van der Waals surface area (Å²) in [4.78, 5) is 11.7. The maximum atomic E-state index is 12.9. The number of aliphatic hydroxyl groups is 1. The number of hydrogen-bond donors (Lipinski definition) is 3. The summed E-state index contributed by atoms with van der Waals surface area (Å²) in [6.07, 6.45) is 4.05. The monoisotopic (exact) mass is 316 g/mol. The highest BCUT2D eigenvalue weighted by molar-refractivity contribution is 5.74. The van der Waals surface area contributed by atoms with Crippen molar-refractivity contribution in [3.63, 3.8) is 0 Å². The number of carbonyl (C=O) groups is 1. The molecule has 0 unspecified atom stereocenters. The van der Waals surface area contributed by atoms with Crippen LogP contribution in [0.2, 0.25) is 0 Å². The van der Waals surface area contributed by atoms with Crippen LogP contribution >= 0.6 is 0 Å². The molecule has 1 aromatic heterocycles. The molecule has 0 aliphatic heterocycles. The van der Waals surface area contributed by atoms with Crippen LogP contribution < -0.4 is 10.6 Å². The van der Waals surface area contributed by atoms with Gasteiger partial charge in [-0.15, -0.1) is 0 Å². The molecule has 3 N–H and O–H groups in total. The zero-order valence-electron chi connectivity index (χ0n) is 12.8. The first-order valence-electron chi connectivity index (χ1n) is 7.40. The van der Waals surface area contributed by atoms with E-state index in [1.807, 2.05) is 24.7 Å². The summed E-state index contributed by atoms with van der Waals surface area (Å²) in [5.41, 5.74) is 2.27. The van der Waals surface area contributed by atoms with Crippen LogP contribution in [0.15, 0.2) is 6.20 Å². The van der Waals surface area contributed by atoms with Gasteiger partial charge >= 0.3 is 6.03 Å². The van der Waals surface area contributed by atoms with E-state index < -0.39 is 25.1 Å². The summed E-state index contributed by atoms with van der Waals surface area (Å²) < 4.78 is 27.7. The highest BCUT2D eigenvalue weighted by Crippen LogP contribution is 2.23. The summed E-state index contributed by atoms with van der Waals surface area (Å²) in [7, 11) is 0. The fraction of sp³-hybridized carbons (Fsp3) is 0.714. The van der Waals surface area contributed by atoms with E-state index in [1.165, 1.54) is 5.56 Å². The summed E-state index contributed by atoms with van der Waals surface area (Å²) in [5, 5.41) is 17.6. The number of hydrogen-bond acceptors (Lipinski definition) is 3. The molecule has 0 spiro atoms. The smallest absolute Gasteiger partial charge is 0.315 e. The number of aromatic nitrogens is 2. The van der Waals surface area contributed by atoms with Gasteiger partial charge in [0.15, 0.2) is 0 Å². The van der Waals surface area contributed by atoms with Gasteiger partial charge in [-0.2, -0.15) is 5.10 Å². The van der Waals surface area contributed by atoms with Gasteiger partial charge in [0.05, 0.1) is 12.7 Å². The number of alkyl halides is 2. The van der Waals surface area contributed by atoms with Crippen LogP contribution in [0.4, 0.5) is 13.6 Å². The second-order valence-corrected chi connectivity index (χ2v) is 5.94. The molecule has 22 heavy (non-hydrogen) atoms. The summed E-state index contributed by atoms with van der Waals surface area (Å²) >= 11 is 0. The molecule has 2 rings (SSSR count). The van der Waals surface area contributed by atoms with Gasteiger partial charge in [-0.25, -0.2) is 13.6 Å². The van der Waals surface area contributed by atoms with E-state index in [9.17, 15) is 13.6 Å². The largest absolute Gasteiger partial charge is 0.390 e. The molecule has 1 heterocycles. The number of halogens is 2. The first kappa shape index (κ1) is 16.7. The van der Waals surface area contributed by atoms with E-state index >= 15 is 0 Å². The molecule has 2 amide bonds. The average Bonchev–Trinajstić information content (AvgIpc) is 2.88. The van der Waals surface area contributed by atoms with Gasteiger partial charge < -0.3 is 15.7 Å². The lowest BCUT2D eigenvalue weighted by atomic mass is 9.93. The van der Waals surface area contributed by atoms with Gasteiger partial charge in [-0.3, -0.25) is 4.68 Å². The molecule has 1 aliphatic rings. The maximum Gasteiger partial charge on any atom is 0.315 e. The quantitative estimate of drug-likeness (QED) is 0.765. The van der Waals surface area contributed by atoms with Crippen LogP contribution in [0.3, 0.4) is 0 Å². The fourth-order valence-electron chi connectivity index (χ4n) is 2.59. The Balaban J connectivity index is 1.90. The number of aliphatic hydroxyl groups excluding tert-OH is 1. The molecule has 8 heteroatoms. The molecule has 6 nitrogen and oxygen atoms in total. The number of rotatable bonds is 5. The normalized spacial score (nSPS) is 18.2. The second-order valence-electron chi connectivity index (χ2n) is 5.94. The number of urea groups is 1. The highest BCUT2D eigenvalue weighted by atomic mass is 19.3. The van der Waals surface area contributed by atoms with E-state index in [0.717, 1.165) is 18.5 Å². The highest BCUT2D eigenvalue weighted by Gasteiger charge is 2.29. The Kier molecular flexibility index (Phi) is 5.00. The molecule has 124 valence electrons. The molecule has 0 saturated carbocycles. The van der Waals surface area contributed by atoms with Gasteiger partial charge in [0.2, 0.25) is 0 Å². The zero-order chi connectivity index (χ0) is 16.3. The number of amides is 2. The van der Waals surface area contributed by atoms with Gasteiger partial charge in [0.1, 0.15) is 6.61 Å². The number of carbonyl (C=O) groups excluding carboxylic acids is 1. The predicted octanol–water partition coefficient (Wildman–Crippen LogP) is 1.25. The van der Waals surface area contributed by atoms with Crippen molar-refractivity contribution in [2.24, 2.45) is 0 Å². The first-order valence-corrected chi connectivity index (χ1v) is 7.40. The third kappa shape index (κ3) is 3.94. The van der Waals surface area contributed by atoms with Crippen molar-refractivity contribution in [2.75, 3.05) is 13.2 Å². The van der Waals surface area contributed by atoms with E-state index in [2.05, 4.69) is 15.7 Å². The molecule has 0 aromatic carbocycles. The molecule has 1 atom stereocenters. The lowest BCUT2D eigenvalue weighted by Gasteiger charge is -2.25. The van der Waals surface area contributed by atoms with E-state index in [1.54, 1.807) is 0 Å². The maximum absolute atomic E-state index is 12.9. The molecular formula is C14H22F2N4O2. The van der Waals surface area contributed by atoms with Crippen molar-refractivity contribution < 1.29 is 18.7 Å². The molecule has 1 aliphatic carbocycles. The van der Waals surface area contributed by atoms with Crippen molar-refractivity contribution >= 4 is 6.03 Å². The van der Waals surface area contributed by atoms with E-state index in [-0.39, 0.29) is 12.1 Å². The topological polar surface area (TPSA) is 79.2 Å². The molecule has 0 fully saturated rings. The van der Waals surface area contributed by atoms with Crippen molar-refractivity contribution in [2.45, 2.75) is 51.1 Å². The summed E-state index contributed by atoms with van der Waals surface area (Å²) in [6.45, 7) is 1.91. The zero-order valence-corrected chi connectivity index (χ0v) is 12.8. The van der Waals surface area contributed by atoms with Crippen LogP contribution in [0.25, 0.3) is 0 Å². The number of nitrogens with zero attached hydrogens (tertiary/aromatic N) is 2. The molecule has 0 bridgehead atoms. The van der Waals surface area contributed by atoms with Gasteiger partial charge in [-0.05, 0) is 32.3 Å². The third-order valence-corrected chi connectivity index (χ3v) is 3.75. The minimum atomic E-state index is -3.30. The number of fused-ring (bicyclic) bond motifs is 1. The van der Waals surface area contributed by atoms with Gasteiger partial charge in [0, 0.05) is 24.2 Å². The number of nitrogens with one attached hydrogen (secondary N) is 2. The lowest BCUT2D eigenvalue weighted by molar-refractivity contribution is -0.0454. The van der Waals surface area contributed by atoms with E-state index in [0.29, 0.717) is 6.42 Å². The summed E-state index contributed by atoms with van der Waals surface area (Å²) in [6, 6.07) is -0.513. The van der Waals surface area contributed by atoms with Crippen LogP contribution in [0.5, 0.6) is 0 Å². The standard InChI is InChI=1S/C14H22F2N4O2/c1-9(2)20-12-5-11(4-3-10(12)6-18-20)19-13(22)17-7-14(15,16)8-21/h6,9,11,21H,3-5,7-8H2,1-2H3,(H2,17,19,22)/t11-/m1/s1. The molecular weight excluding hydrogens is 294 g/mol. The average molecular weight is 316 g/mol. The van der Waals surface area contributed by atoms with Crippen LogP contribution in [-0.4, -0.2) is 46.0 Å². The predicted molar refractivity (Wildman–Crippen MR) is 77.0 cm³/mol. The third-order valence-electron chi connectivity index (χ3n) is 3.75. The Morgan fingerprint density at radius 1 is 1.59 bits per heavy atom. The first-order chi connectivity index (χ1) is 10.3. The Labute approximate surface area is 127 Å². The van der Waals surface area contributed by atoms with Crippen LogP contribution in [0.1, 0.15) is 37.6 Å². The SMILES string of the molecule is CC(C)n1ncc2c1C[C@H](NC(=O)NCC(F)(F)CO)CC2. The minimum Gasteiger partial charge on any atom is -0.390 e. The van der Waals surface area contributed by atoms with E-state index in [4.69, 9.17) is 5.11 Å². The fourth-order valence-corrected chi connectivity index (χ4v) is 2.59. The minimum absolute atomic E-state index is 0.107. The van der Waals surface area contributed by atoms with Crippen molar-refractivity contribution in [3.8, 4) is 0 Å². The van der Waals surface area contributed by atoms with Crippen molar-refractivity contribution in [1.82, 2.24) is 20.4 Å². The number of aryl methyl sites for hydroxylation is 1.